The molecule has 0 aromatic carbocycles. The van der Waals surface area contributed by atoms with Gasteiger partial charge in [-0.2, -0.15) is 0 Å². The average Bonchev–Trinajstić information content (AvgIpc) is 2.60. The van der Waals surface area contributed by atoms with E-state index in [1.54, 1.807) is 0 Å². The Kier molecular flexibility index (Phi) is 4.51. The van der Waals surface area contributed by atoms with Gasteiger partial charge in [0.05, 0.1) is 5.92 Å². The van der Waals surface area contributed by atoms with Gasteiger partial charge in [-0.3, -0.25) is 4.79 Å². The predicted molar refractivity (Wildman–Crippen MR) is 86.2 cm³/mol. The Morgan fingerprint density at radius 3 is 2.27 bits per heavy atom. The number of ether oxygens (including phenoxy) is 1. The van der Waals surface area contributed by atoms with Crippen LogP contribution in [0.2, 0.25) is 0 Å². The lowest BCUT2D eigenvalue weighted by molar-refractivity contribution is -0.138. The SMILES string of the molecule is C1=CCCC=C1.CCC1=C(O)C(=O)C2C3C=CC(CC3)C2O1. The van der Waals surface area contributed by atoms with Crippen molar-refractivity contribution in [1.82, 2.24) is 0 Å². The van der Waals surface area contributed by atoms with Gasteiger partial charge in [0.15, 0.2) is 5.76 Å². The van der Waals surface area contributed by atoms with Crippen LogP contribution in [0.4, 0.5) is 0 Å². The zero-order valence-corrected chi connectivity index (χ0v) is 13.1. The lowest BCUT2D eigenvalue weighted by Gasteiger charge is -2.46. The maximum atomic E-state index is 12.1. The molecule has 0 amide bonds. The molecular weight excluding hydrogens is 276 g/mol. The molecule has 0 aromatic rings. The highest BCUT2D eigenvalue weighted by atomic mass is 16.5. The number of rotatable bonds is 1. The fraction of sp³-hybridized carbons (Fsp3) is 0.526. The Balaban J connectivity index is 0.000000202. The topological polar surface area (TPSA) is 46.5 Å². The first kappa shape index (κ1) is 15.1. The molecule has 5 aliphatic rings. The van der Waals surface area contributed by atoms with Crippen LogP contribution in [0.5, 0.6) is 0 Å². The summed E-state index contributed by atoms with van der Waals surface area (Å²) < 4.78 is 5.81. The Hall–Kier alpha value is -1.77. The highest BCUT2D eigenvalue weighted by Gasteiger charge is 2.50. The molecule has 1 N–H and O–H groups in total. The summed E-state index contributed by atoms with van der Waals surface area (Å²) in [7, 11) is 0. The molecule has 5 rings (SSSR count). The van der Waals surface area contributed by atoms with Gasteiger partial charge in [0.25, 0.3) is 0 Å². The Morgan fingerprint density at radius 2 is 1.77 bits per heavy atom. The first-order valence-electron chi connectivity index (χ1n) is 8.35. The van der Waals surface area contributed by atoms with E-state index in [-0.39, 0.29) is 29.5 Å². The van der Waals surface area contributed by atoms with Gasteiger partial charge in [-0.25, -0.2) is 0 Å². The zero-order valence-electron chi connectivity index (χ0n) is 13.1. The van der Waals surface area contributed by atoms with E-state index >= 15 is 0 Å². The van der Waals surface area contributed by atoms with E-state index in [0.29, 0.717) is 18.1 Å². The third kappa shape index (κ3) is 2.77. The lowest BCUT2D eigenvalue weighted by atomic mass is 9.64. The van der Waals surface area contributed by atoms with E-state index in [1.165, 1.54) is 12.8 Å². The zero-order chi connectivity index (χ0) is 15.5. The summed E-state index contributed by atoms with van der Waals surface area (Å²) in [5, 5.41) is 9.79. The standard InChI is InChI=1S/C13H16O3.C6H8/c1-2-9-11(14)12(15)10-7-3-5-8(6-4-7)13(10)16-9;1-2-4-6-5-3-1/h3,5,7-8,10,13-14H,2,4,6H2,1H3;1-4H,5-6H2. The van der Waals surface area contributed by atoms with Crippen LogP contribution in [0.15, 0.2) is 48.0 Å². The van der Waals surface area contributed by atoms with Gasteiger partial charge in [0, 0.05) is 12.3 Å². The van der Waals surface area contributed by atoms with Crippen molar-refractivity contribution in [2.45, 2.75) is 45.1 Å². The van der Waals surface area contributed by atoms with Gasteiger partial charge in [-0.05, 0) is 31.6 Å². The summed E-state index contributed by atoms with van der Waals surface area (Å²) in [6.07, 6.45) is 18.0. The van der Waals surface area contributed by atoms with Crippen molar-refractivity contribution in [2.24, 2.45) is 17.8 Å². The molecule has 0 saturated heterocycles. The van der Waals surface area contributed by atoms with E-state index in [4.69, 9.17) is 4.74 Å². The van der Waals surface area contributed by atoms with Crippen molar-refractivity contribution in [3.8, 4) is 0 Å². The third-order valence-corrected chi connectivity index (χ3v) is 4.96. The number of Topliss-reactive ketones (excluding diaryl/α,β-unsaturated/α-hetero) is 1. The van der Waals surface area contributed by atoms with Crippen LogP contribution in [0, 0.1) is 17.8 Å². The van der Waals surface area contributed by atoms with Crippen LogP contribution in [0.1, 0.15) is 39.0 Å². The number of hydrogen-bond donors (Lipinski definition) is 1. The monoisotopic (exact) mass is 300 g/mol. The van der Waals surface area contributed by atoms with E-state index in [1.807, 2.05) is 6.92 Å². The summed E-state index contributed by atoms with van der Waals surface area (Å²) >= 11 is 0. The molecule has 1 heterocycles. The highest BCUT2D eigenvalue weighted by Crippen LogP contribution is 2.46. The molecule has 0 aromatic heterocycles. The van der Waals surface area contributed by atoms with Crippen LogP contribution in [-0.2, 0) is 9.53 Å². The predicted octanol–water partition coefficient (Wildman–Crippen LogP) is 4.24. The first-order chi connectivity index (χ1) is 10.7. The van der Waals surface area contributed by atoms with Gasteiger partial charge < -0.3 is 9.84 Å². The van der Waals surface area contributed by atoms with Crippen molar-refractivity contribution in [3.05, 3.63) is 48.0 Å². The normalized spacial score (nSPS) is 34.9. The molecule has 0 radical (unpaired) electrons. The van der Waals surface area contributed by atoms with Gasteiger partial charge in [-0.1, -0.05) is 43.4 Å². The van der Waals surface area contributed by atoms with Gasteiger partial charge in [0.2, 0.25) is 5.78 Å². The molecule has 2 bridgehead atoms. The summed E-state index contributed by atoms with van der Waals surface area (Å²) in [5.41, 5.74) is 0. The smallest absolute Gasteiger partial charge is 0.208 e. The van der Waals surface area contributed by atoms with Gasteiger partial charge in [-0.15, -0.1) is 0 Å². The van der Waals surface area contributed by atoms with Crippen LogP contribution in [0.3, 0.4) is 0 Å². The molecule has 4 atom stereocenters. The van der Waals surface area contributed by atoms with E-state index in [2.05, 4.69) is 36.5 Å². The Bertz CT molecular complexity index is 541. The molecule has 3 heteroatoms. The fourth-order valence-electron chi connectivity index (χ4n) is 3.76. The Labute approximate surface area is 132 Å². The largest absolute Gasteiger partial charge is 0.502 e. The van der Waals surface area contributed by atoms with E-state index in [0.717, 1.165) is 12.8 Å². The number of aliphatic hydroxyl groups is 1. The fourth-order valence-corrected chi connectivity index (χ4v) is 3.76. The molecule has 0 spiro atoms. The van der Waals surface area contributed by atoms with Crippen molar-refractivity contribution >= 4 is 5.78 Å². The number of fused-ring (bicyclic) bond motifs is 1. The molecular formula is C19H24O3. The average molecular weight is 300 g/mol. The number of aliphatic hydroxyl groups excluding tert-OH is 1. The first-order valence-corrected chi connectivity index (χ1v) is 8.35. The molecule has 1 saturated carbocycles. The second-order valence-corrected chi connectivity index (χ2v) is 6.32. The van der Waals surface area contributed by atoms with Gasteiger partial charge in [0.1, 0.15) is 11.9 Å². The van der Waals surface area contributed by atoms with Crippen LogP contribution in [-0.4, -0.2) is 17.0 Å². The minimum absolute atomic E-state index is 0.0258. The third-order valence-electron chi connectivity index (χ3n) is 4.96. The molecule has 3 nitrogen and oxygen atoms in total. The number of allylic oxidation sites excluding steroid dienone is 7. The molecule has 4 unspecified atom stereocenters. The summed E-state index contributed by atoms with van der Waals surface area (Å²) in [4.78, 5) is 12.1. The molecule has 1 fully saturated rings. The molecule has 1 aliphatic heterocycles. The number of carbonyl (C=O) groups excluding carboxylic acids is 1. The summed E-state index contributed by atoms with van der Waals surface area (Å²) in [5.74, 6) is 0.722. The number of carbonyl (C=O) groups is 1. The quantitative estimate of drug-likeness (QED) is 0.737. The van der Waals surface area contributed by atoms with E-state index < -0.39 is 0 Å². The molecule has 22 heavy (non-hydrogen) atoms. The molecule has 118 valence electrons. The molecule has 4 aliphatic carbocycles. The van der Waals surface area contributed by atoms with Crippen molar-refractivity contribution in [3.63, 3.8) is 0 Å². The van der Waals surface area contributed by atoms with Crippen LogP contribution >= 0.6 is 0 Å². The van der Waals surface area contributed by atoms with E-state index in [9.17, 15) is 9.90 Å². The maximum absolute atomic E-state index is 12.1. The summed E-state index contributed by atoms with van der Waals surface area (Å²) in [6, 6.07) is 0. The number of ketones is 1. The maximum Gasteiger partial charge on any atom is 0.208 e. The van der Waals surface area contributed by atoms with Crippen LogP contribution < -0.4 is 0 Å². The number of hydrogen-bond acceptors (Lipinski definition) is 3. The highest BCUT2D eigenvalue weighted by molar-refractivity contribution is 5.97. The van der Waals surface area contributed by atoms with Gasteiger partial charge >= 0.3 is 0 Å². The minimum atomic E-state index is -0.140. The van der Waals surface area contributed by atoms with Crippen molar-refractivity contribution in [1.29, 1.82) is 0 Å². The lowest BCUT2D eigenvalue weighted by Crippen LogP contribution is -2.49. The van der Waals surface area contributed by atoms with Crippen LogP contribution in [0.25, 0.3) is 0 Å². The minimum Gasteiger partial charge on any atom is -0.502 e. The second-order valence-electron chi connectivity index (χ2n) is 6.32. The Morgan fingerprint density at radius 1 is 1.14 bits per heavy atom. The summed E-state index contributed by atoms with van der Waals surface area (Å²) in [6.45, 7) is 1.90. The van der Waals surface area contributed by atoms with Crippen molar-refractivity contribution < 1.29 is 14.6 Å². The second kappa shape index (κ2) is 6.55. The van der Waals surface area contributed by atoms with Crippen molar-refractivity contribution in [2.75, 3.05) is 0 Å².